The van der Waals surface area contributed by atoms with E-state index >= 15 is 0 Å². The van der Waals surface area contributed by atoms with Gasteiger partial charge >= 0.3 is 5.97 Å². The van der Waals surface area contributed by atoms with Crippen molar-refractivity contribution in [2.75, 3.05) is 13.7 Å². The van der Waals surface area contributed by atoms with Gasteiger partial charge in [-0.2, -0.15) is 0 Å². The summed E-state index contributed by atoms with van der Waals surface area (Å²) in [5, 5.41) is 9.94. The van der Waals surface area contributed by atoms with Gasteiger partial charge in [0.2, 0.25) is 0 Å². The van der Waals surface area contributed by atoms with Crippen LogP contribution >= 0.6 is 0 Å². The molecule has 0 aromatic heterocycles. The molecule has 5 nitrogen and oxygen atoms in total. The van der Waals surface area contributed by atoms with Gasteiger partial charge < -0.3 is 14.6 Å². The molecule has 0 saturated heterocycles. The molecule has 0 rings (SSSR count). The Labute approximate surface area is 134 Å². The molecule has 0 aliphatic carbocycles. The molecule has 0 amide bonds. The van der Waals surface area contributed by atoms with Crippen LogP contribution in [-0.4, -0.2) is 42.3 Å². The summed E-state index contributed by atoms with van der Waals surface area (Å²) < 4.78 is 10.1. The fraction of sp³-hybridized carbons (Fsp3) is 0.882. The Bertz CT molecular complexity index is 338. The number of aliphatic hydroxyl groups is 1. The summed E-state index contributed by atoms with van der Waals surface area (Å²) in [6.45, 7) is 8.15. The Morgan fingerprint density at radius 2 is 1.91 bits per heavy atom. The van der Waals surface area contributed by atoms with Crippen molar-refractivity contribution in [3.05, 3.63) is 0 Å². The molecular formula is C17H32O5. The molecule has 5 heteroatoms. The number of ether oxygens (including phenoxy) is 2. The van der Waals surface area contributed by atoms with E-state index in [9.17, 15) is 14.7 Å². The third-order valence-electron chi connectivity index (χ3n) is 3.81. The first kappa shape index (κ1) is 21.1. The van der Waals surface area contributed by atoms with Crippen molar-refractivity contribution in [2.45, 2.75) is 77.9 Å². The van der Waals surface area contributed by atoms with Crippen molar-refractivity contribution in [1.29, 1.82) is 0 Å². The zero-order valence-electron chi connectivity index (χ0n) is 14.7. The number of hydrogen-bond donors (Lipinski definition) is 1. The van der Waals surface area contributed by atoms with E-state index in [0.717, 1.165) is 19.3 Å². The summed E-state index contributed by atoms with van der Waals surface area (Å²) in [7, 11) is 1.71. The molecule has 0 aliphatic rings. The van der Waals surface area contributed by atoms with E-state index in [1.807, 2.05) is 0 Å². The Morgan fingerprint density at radius 1 is 1.27 bits per heavy atom. The molecule has 0 fully saturated rings. The molecule has 0 bridgehead atoms. The average molecular weight is 316 g/mol. The van der Waals surface area contributed by atoms with Crippen LogP contribution in [0, 0.1) is 5.92 Å². The van der Waals surface area contributed by atoms with Crippen LogP contribution in [0.5, 0.6) is 0 Å². The van der Waals surface area contributed by atoms with E-state index in [1.54, 1.807) is 14.0 Å². The maximum atomic E-state index is 11.6. The molecule has 2 atom stereocenters. The molecule has 0 aromatic rings. The zero-order valence-corrected chi connectivity index (χ0v) is 14.7. The van der Waals surface area contributed by atoms with Gasteiger partial charge in [0.05, 0.1) is 18.3 Å². The lowest BCUT2D eigenvalue weighted by Crippen LogP contribution is -2.23. The number of ketones is 1. The van der Waals surface area contributed by atoms with E-state index in [1.165, 1.54) is 0 Å². The minimum absolute atomic E-state index is 0.0206. The minimum atomic E-state index is -0.688. The number of rotatable bonds is 12. The van der Waals surface area contributed by atoms with Crippen molar-refractivity contribution in [3.8, 4) is 0 Å². The number of Topliss-reactive ketones (excluding diaryl/α,β-unsaturated/α-hetero) is 1. The largest absolute Gasteiger partial charge is 0.466 e. The SMILES string of the molecule is CCOC(=O)CC(=O)CC(O)CC(C)CCCC(C)(C)OC. The Hall–Kier alpha value is -0.940. The van der Waals surface area contributed by atoms with Crippen molar-refractivity contribution in [3.63, 3.8) is 0 Å². The summed E-state index contributed by atoms with van der Waals surface area (Å²) >= 11 is 0. The fourth-order valence-electron chi connectivity index (χ4n) is 2.35. The third-order valence-corrected chi connectivity index (χ3v) is 3.81. The van der Waals surface area contributed by atoms with Crippen molar-refractivity contribution >= 4 is 11.8 Å². The van der Waals surface area contributed by atoms with Crippen LogP contribution in [0.3, 0.4) is 0 Å². The van der Waals surface area contributed by atoms with Gasteiger partial charge in [0.1, 0.15) is 12.2 Å². The van der Waals surface area contributed by atoms with Gasteiger partial charge in [0, 0.05) is 13.5 Å². The number of aliphatic hydroxyl groups excluding tert-OH is 1. The molecule has 0 heterocycles. The summed E-state index contributed by atoms with van der Waals surface area (Å²) in [4.78, 5) is 22.8. The highest BCUT2D eigenvalue weighted by Gasteiger charge is 2.19. The normalized spacial score (nSPS) is 14.5. The molecule has 0 radical (unpaired) electrons. The first-order valence-corrected chi connectivity index (χ1v) is 8.10. The van der Waals surface area contributed by atoms with Crippen LogP contribution in [-0.2, 0) is 19.1 Å². The summed E-state index contributed by atoms with van der Waals surface area (Å²) in [6.07, 6.45) is 2.62. The quantitative estimate of drug-likeness (QED) is 0.443. The lowest BCUT2D eigenvalue weighted by atomic mass is 9.92. The monoisotopic (exact) mass is 316 g/mol. The molecule has 130 valence electrons. The smallest absolute Gasteiger partial charge is 0.313 e. The number of carbonyl (C=O) groups excluding carboxylic acids is 2. The summed E-state index contributed by atoms with van der Waals surface area (Å²) in [6, 6.07) is 0. The lowest BCUT2D eigenvalue weighted by molar-refractivity contribution is -0.145. The van der Waals surface area contributed by atoms with Gasteiger partial charge in [0.25, 0.3) is 0 Å². The predicted molar refractivity (Wildman–Crippen MR) is 85.6 cm³/mol. The van der Waals surface area contributed by atoms with E-state index in [4.69, 9.17) is 9.47 Å². The Balaban J connectivity index is 3.92. The van der Waals surface area contributed by atoms with Crippen LogP contribution < -0.4 is 0 Å². The van der Waals surface area contributed by atoms with Crippen LogP contribution in [0.2, 0.25) is 0 Å². The van der Waals surface area contributed by atoms with E-state index in [2.05, 4.69) is 20.8 Å². The molecule has 22 heavy (non-hydrogen) atoms. The van der Waals surface area contributed by atoms with Gasteiger partial charge in [-0.15, -0.1) is 0 Å². The third kappa shape index (κ3) is 10.7. The number of methoxy groups -OCH3 is 1. The van der Waals surface area contributed by atoms with E-state index in [-0.39, 0.29) is 30.8 Å². The van der Waals surface area contributed by atoms with Crippen LogP contribution in [0.25, 0.3) is 0 Å². The van der Waals surface area contributed by atoms with Crippen molar-refractivity contribution in [1.82, 2.24) is 0 Å². The second-order valence-electron chi connectivity index (χ2n) is 6.58. The molecule has 0 spiro atoms. The van der Waals surface area contributed by atoms with Crippen LogP contribution in [0.15, 0.2) is 0 Å². The zero-order chi connectivity index (χ0) is 17.2. The van der Waals surface area contributed by atoms with Gasteiger partial charge in [-0.3, -0.25) is 9.59 Å². The van der Waals surface area contributed by atoms with Crippen LogP contribution in [0.1, 0.15) is 66.2 Å². The van der Waals surface area contributed by atoms with Gasteiger partial charge in [-0.05, 0) is 39.5 Å². The standard InChI is InChI=1S/C17H32O5/c1-6-22-16(20)12-15(19)11-14(18)10-13(2)8-7-9-17(3,4)21-5/h13-14,18H,6-12H2,1-5H3. The topological polar surface area (TPSA) is 72.8 Å². The highest BCUT2D eigenvalue weighted by molar-refractivity contribution is 5.95. The molecule has 2 unspecified atom stereocenters. The molecule has 0 aromatic carbocycles. The second-order valence-corrected chi connectivity index (χ2v) is 6.58. The minimum Gasteiger partial charge on any atom is -0.466 e. The average Bonchev–Trinajstić information content (AvgIpc) is 2.37. The first-order chi connectivity index (χ1) is 10.2. The second kappa shape index (κ2) is 10.7. The Morgan fingerprint density at radius 3 is 2.45 bits per heavy atom. The maximum Gasteiger partial charge on any atom is 0.313 e. The van der Waals surface area contributed by atoms with E-state index < -0.39 is 12.1 Å². The number of esters is 1. The Kier molecular flexibility index (Phi) is 10.3. The lowest BCUT2D eigenvalue weighted by Gasteiger charge is -2.24. The van der Waals surface area contributed by atoms with Gasteiger partial charge in [-0.1, -0.05) is 19.8 Å². The highest BCUT2D eigenvalue weighted by atomic mass is 16.5. The summed E-state index contributed by atoms with van der Waals surface area (Å²) in [5.74, 6) is -0.453. The van der Waals surface area contributed by atoms with Crippen molar-refractivity contribution < 1.29 is 24.2 Å². The predicted octanol–water partition coefficient (Wildman–Crippen LogP) is 2.88. The van der Waals surface area contributed by atoms with Crippen LogP contribution in [0.4, 0.5) is 0 Å². The van der Waals surface area contributed by atoms with E-state index in [0.29, 0.717) is 12.3 Å². The molecular weight excluding hydrogens is 284 g/mol. The highest BCUT2D eigenvalue weighted by Crippen LogP contribution is 2.21. The maximum absolute atomic E-state index is 11.6. The first-order valence-electron chi connectivity index (χ1n) is 8.10. The fourth-order valence-corrected chi connectivity index (χ4v) is 2.35. The van der Waals surface area contributed by atoms with Crippen molar-refractivity contribution in [2.24, 2.45) is 5.92 Å². The molecule has 0 aliphatic heterocycles. The number of carbonyl (C=O) groups is 2. The van der Waals surface area contributed by atoms with Gasteiger partial charge in [-0.25, -0.2) is 0 Å². The van der Waals surface area contributed by atoms with Gasteiger partial charge in [0.15, 0.2) is 0 Å². The molecule has 0 saturated carbocycles. The summed E-state index contributed by atoms with van der Waals surface area (Å²) in [5.41, 5.74) is -0.117. The number of hydrogen-bond acceptors (Lipinski definition) is 5. The molecule has 1 N–H and O–H groups in total.